The van der Waals surface area contributed by atoms with Crippen molar-refractivity contribution < 1.29 is 4.74 Å². The van der Waals surface area contributed by atoms with Crippen molar-refractivity contribution in [3.8, 4) is 28.5 Å². The van der Waals surface area contributed by atoms with Crippen LogP contribution in [-0.2, 0) is 0 Å². The molecular weight excluding hydrogens is 322 g/mol. The second-order valence-corrected chi connectivity index (χ2v) is 6.32. The number of hydrogen-bond acceptors (Lipinski definition) is 4. The first-order chi connectivity index (χ1) is 12.6. The summed E-state index contributed by atoms with van der Waals surface area (Å²) in [6.07, 6.45) is 0. The van der Waals surface area contributed by atoms with E-state index in [9.17, 15) is 0 Å². The Morgan fingerprint density at radius 2 is 1.65 bits per heavy atom. The molecule has 0 aliphatic heterocycles. The summed E-state index contributed by atoms with van der Waals surface area (Å²) in [4.78, 5) is 14.3. The summed E-state index contributed by atoms with van der Waals surface area (Å²) in [7, 11) is 1.67. The molecule has 2 heterocycles. The summed E-state index contributed by atoms with van der Waals surface area (Å²) in [6, 6.07) is 20.0. The number of ether oxygens (including phenoxy) is 1. The van der Waals surface area contributed by atoms with E-state index in [1.54, 1.807) is 7.11 Å². The van der Waals surface area contributed by atoms with E-state index in [2.05, 4.69) is 11.9 Å². The Morgan fingerprint density at radius 1 is 0.808 bits per heavy atom. The number of aromatic nitrogens is 3. The van der Waals surface area contributed by atoms with Crippen molar-refractivity contribution in [3.63, 3.8) is 0 Å². The largest absolute Gasteiger partial charge is 0.497 e. The summed E-state index contributed by atoms with van der Waals surface area (Å²) < 4.78 is 5.38. The third-order valence-corrected chi connectivity index (χ3v) is 4.27. The summed E-state index contributed by atoms with van der Waals surface area (Å²) in [6.45, 7) is 4.04. The molecule has 0 N–H and O–H groups in total. The van der Waals surface area contributed by atoms with Gasteiger partial charge in [-0.2, -0.15) is 0 Å². The number of benzene rings is 2. The van der Waals surface area contributed by atoms with Gasteiger partial charge in [-0.1, -0.05) is 30.3 Å². The van der Waals surface area contributed by atoms with Crippen LogP contribution in [0.1, 0.15) is 11.3 Å². The fourth-order valence-corrected chi connectivity index (χ4v) is 3.14. The predicted octanol–water partition coefficient (Wildman–Crippen LogP) is 4.98. The topological polar surface area (TPSA) is 47.9 Å². The average molecular weight is 341 g/mol. The molecule has 0 spiro atoms. The number of nitrogens with zero attached hydrogens (tertiary/aromatic N) is 3. The Hall–Kier alpha value is -3.27. The lowest BCUT2D eigenvalue weighted by atomic mass is 10.1. The van der Waals surface area contributed by atoms with Crippen LogP contribution in [0.15, 0.2) is 60.7 Å². The molecule has 4 rings (SSSR count). The monoisotopic (exact) mass is 341 g/mol. The zero-order valence-electron chi connectivity index (χ0n) is 15.0. The Kier molecular flexibility index (Phi) is 4.09. The molecule has 0 radical (unpaired) electrons. The van der Waals surface area contributed by atoms with Gasteiger partial charge in [0, 0.05) is 16.6 Å². The van der Waals surface area contributed by atoms with Crippen LogP contribution in [0.5, 0.6) is 5.75 Å². The maximum Gasteiger partial charge on any atom is 0.179 e. The van der Waals surface area contributed by atoms with Crippen LogP contribution in [0, 0.1) is 13.8 Å². The van der Waals surface area contributed by atoms with E-state index < -0.39 is 0 Å². The summed E-state index contributed by atoms with van der Waals surface area (Å²) in [5.41, 5.74) is 5.67. The molecule has 128 valence electrons. The molecule has 2 aromatic carbocycles. The third-order valence-electron chi connectivity index (χ3n) is 4.27. The van der Waals surface area contributed by atoms with Crippen LogP contribution in [-0.4, -0.2) is 22.1 Å². The minimum absolute atomic E-state index is 0.633. The molecule has 0 amide bonds. The molecule has 0 bridgehead atoms. The van der Waals surface area contributed by atoms with Crippen molar-refractivity contribution in [1.82, 2.24) is 15.0 Å². The van der Waals surface area contributed by atoms with E-state index in [0.29, 0.717) is 5.82 Å². The van der Waals surface area contributed by atoms with Crippen molar-refractivity contribution in [3.05, 3.63) is 71.9 Å². The van der Waals surface area contributed by atoms with E-state index in [4.69, 9.17) is 14.7 Å². The van der Waals surface area contributed by atoms with Crippen LogP contribution in [0.4, 0.5) is 0 Å². The highest BCUT2D eigenvalue weighted by Gasteiger charge is 2.13. The molecule has 4 aromatic rings. The first-order valence-corrected chi connectivity index (χ1v) is 8.51. The molecule has 2 aromatic heterocycles. The van der Waals surface area contributed by atoms with Gasteiger partial charge in [-0.15, -0.1) is 0 Å². The second-order valence-electron chi connectivity index (χ2n) is 6.32. The van der Waals surface area contributed by atoms with E-state index in [1.807, 2.05) is 67.6 Å². The fraction of sp³-hybridized carbons (Fsp3) is 0.136. The highest BCUT2D eigenvalue weighted by Crippen LogP contribution is 2.30. The molecule has 26 heavy (non-hydrogen) atoms. The van der Waals surface area contributed by atoms with Crippen molar-refractivity contribution >= 4 is 10.9 Å². The molecule has 0 fully saturated rings. The van der Waals surface area contributed by atoms with Crippen LogP contribution in [0.25, 0.3) is 33.7 Å². The number of rotatable bonds is 3. The number of pyridine rings is 1. The predicted molar refractivity (Wildman–Crippen MR) is 104 cm³/mol. The minimum Gasteiger partial charge on any atom is -0.497 e. The maximum absolute atomic E-state index is 5.38. The van der Waals surface area contributed by atoms with Gasteiger partial charge in [-0.25, -0.2) is 15.0 Å². The van der Waals surface area contributed by atoms with Crippen molar-refractivity contribution in [2.45, 2.75) is 13.8 Å². The highest BCUT2D eigenvalue weighted by molar-refractivity contribution is 5.93. The summed E-state index contributed by atoms with van der Waals surface area (Å²) in [5, 5.41) is 1.01. The number of fused-ring (bicyclic) bond motifs is 1. The number of hydrogen-bond donors (Lipinski definition) is 0. The molecule has 4 nitrogen and oxygen atoms in total. The fourth-order valence-electron chi connectivity index (χ4n) is 3.14. The van der Waals surface area contributed by atoms with Crippen molar-refractivity contribution in [2.75, 3.05) is 7.11 Å². The molecule has 0 atom stereocenters. The number of aryl methyl sites for hydroxylation is 2. The summed E-state index contributed by atoms with van der Waals surface area (Å²) >= 11 is 0. The standard InChI is InChI=1S/C22H19N3O/c1-14-11-15(2)23-20(12-14)22-24-19-10-5-4-9-18(19)21(25-22)16-7-6-8-17(13-16)26-3/h4-13H,1-3H3. The van der Waals surface area contributed by atoms with Gasteiger partial charge >= 0.3 is 0 Å². The second kappa shape index (κ2) is 6.56. The Bertz CT molecular complexity index is 1090. The SMILES string of the molecule is COc1cccc(-c2nc(-c3cc(C)cc(C)n3)nc3ccccc23)c1. The lowest BCUT2D eigenvalue weighted by Crippen LogP contribution is -1.98. The van der Waals surface area contributed by atoms with Gasteiger partial charge in [-0.3, -0.25) is 0 Å². The Morgan fingerprint density at radius 3 is 2.46 bits per heavy atom. The zero-order valence-corrected chi connectivity index (χ0v) is 15.0. The van der Waals surface area contributed by atoms with Crippen LogP contribution < -0.4 is 4.74 Å². The first kappa shape index (κ1) is 16.2. The molecule has 4 heteroatoms. The number of para-hydroxylation sites is 1. The van der Waals surface area contributed by atoms with E-state index in [-0.39, 0.29) is 0 Å². The minimum atomic E-state index is 0.633. The molecule has 0 unspecified atom stereocenters. The van der Waals surface area contributed by atoms with Crippen LogP contribution >= 0.6 is 0 Å². The van der Waals surface area contributed by atoms with Crippen molar-refractivity contribution in [1.29, 1.82) is 0 Å². The van der Waals surface area contributed by atoms with Crippen molar-refractivity contribution in [2.24, 2.45) is 0 Å². The van der Waals surface area contributed by atoms with E-state index in [0.717, 1.165) is 44.9 Å². The van der Waals surface area contributed by atoms with Crippen LogP contribution in [0.3, 0.4) is 0 Å². The van der Waals surface area contributed by atoms with E-state index in [1.165, 1.54) is 0 Å². The van der Waals surface area contributed by atoms with Gasteiger partial charge < -0.3 is 4.74 Å². The van der Waals surface area contributed by atoms with Gasteiger partial charge in [0.15, 0.2) is 5.82 Å². The summed E-state index contributed by atoms with van der Waals surface area (Å²) in [5.74, 6) is 1.43. The Balaban J connectivity index is 1.99. The quantitative estimate of drug-likeness (QED) is 0.527. The van der Waals surface area contributed by atoms with Gasteiger partial charge in [0.2, 0.25) is 0 Å². The van der Waals surface area contributed by atoms with E-state index >= 15 is 0 Å². The maximum atomic E-state index is 5.38. The van der Waals surface area contributed by atoms with Crippen LogP contribution in [0.2, 0.25) is 0 Å². The molecule has 0 saturated carbocycles. The normalized spacial score (nSPS) is 10.9. The van der Waals surface area contributed by atoms with Gasteiger partial charge in [0.1, 0.15) is 11.4 Å². The zero-order chi connectivity index (χ0) is 18.1. The average Bonchev–Trinajstić information content (AvgIpc) is 2.66. The molecule has 0 saturated heterocycles. The van der Waals surface area contributed by atoms with Gasteiger partial charge in [-0.05, 0) is 49.7 Å². The molecule has 0 aliphatic rings. The van der Waals surface area contributed by atoms with Gasteiger partial charge in [0.05, 0.1) is 18.3 Å². The lowest BCUT2D eigenvalue weighted by molar-refractivity contribution is 0.415. The smallest absolute Gasteiger partial charge is 0.179 e. The molecule has 0 aliphatic carbocycles. The number of methoxy groups -OCH3 is 1. The third kappa shape index (κ3) is 3.02. The Labute approximate surface area is 152 Å². The van der Waals surface area contributed by atoms with Gasteiger partial charge in [0.25, 0.3) is 0 Å². The highest BCUT2D eigenvalue weighted by atomic mass is 16.5. The molecular formula is C22H19N3O. The lowest BCUT2D eigenvalue weighted by Gasteiger charge is -2.10. The first-order valence-electron chi connectivity index (χ1n) is 8.51.